The van der Waals surface area contributed by atoms with Gasteiger partial charge >= 0.3 is 11.9 Å². The predicted molar refractivity (Wildman–Crippen MR) is 45.9 cm³/mol. The highest BCUT2D eigenvalue weighted by molar-refractivity contribution is 9.11. The molecule has 2 fully saturated rings. The monoisotopic (exact) mass is 246 g/mol. The topological polar surface area (TPSA) is 52.6 Å². The molecule has 2 aliphatic rings. The van der Waals surface area contributed by atoms with Crippen molar-refractivity contribution in [1.29, 1.82) is 0 Å². The lowest BCUT2D eigenvalue weighted by molar-refractivity contribution is -0.157. The van der Waals surface area contributed by atoms with Gasteiger partial charge in [-0.2, -0.15) is 0 Å². The summed E-state index contributed by atoms with van der Waals surface area (Å²) in [4.78, 5) is 23.6. The van der Waals surface area contributed by atoms with Gasteiger partial charge in [0.15, 0.2) is 0 Å². The lowest BCUT2D eigenvalue weighted by atomic mass is 9.98. The predicted octanol–water partition coefficient (Wildman–Crippen LogP) is 0.752. The smallest absolute Gasteiger partial charge is 0.348 e. The normalized spacial score (nSPS) is 37.8. The van der Waals surface area contributed by atoms with Gasteiger partial charge < -0.3 is 9.47 Å². The van der Waals surface area contributed by atoms with E-state index in [1.54, 1.807) is 11.1 Å². The maximum Gasteiger partial charge on any atom is 0.348 e. The molecule has 0 aromatic rings. The van der Waals surface area contributed by atoms with E-state index in [1.165, 1.54) is 0 Å². The van der Waals surface area contributed by atoms with Crippen LogP contribution in [0.5, 0.6) is 0 Å². The van der Waals surface area contributed by atoms with Gasteiger partial charge in [0.1, 0.15) is 6.10 Å². The minimum absolute atomic E-state index is 0.145. The summed E-state index contributed by atoms with van der Waals surface area (Å²) in [6.45, 7) is 0. The standard InChI is InChI=1S/C8H7BrO4/c9-2-1-5-4-3-6(10)13-7(4)8(11)12-5/h1-2,4-5,7H,3H2/b2-1+/t4-,5-,7-/m1/s1. The largest absolute Gasteiger partial charge is 0.455 e. The SMILES string of the molecule is O=C1C[C@@H]2[C@@H](/C=C/Br)OC(=O)[C@@H]2O1. The molecule has 0 bridgehead atoms. The highest BCUT2D eigenvalue weighted by Gasteiger charge is 2.51. The van der Waals surface area contributed by atoms with Gasteiger partial charge in [-0.15, -0.1) is 0 Å². The molecule has 5 heteroatoms. The third kappa shape index (κ3) is 1.37. The minimum atomic E-state index is -0.679. The number of hydrogen-bond acceptors (Lipinski definition) is 4. The number of hydrogen-bond donors (Lipinski definition) is 0. The molecule has 0 radical (unpaired) electrons. The average molecular weight is 247 g/mol. The highest BCUT2D eigenvalue weighted by atomic mass is 79.9. The van der Waals surface area contributed by atoms with Crippen molar-refractivity contribution in [2.24, 2.45) is 5.92 Å². The van der Waals surface area contributed by atoms with Crippen LogP contribution in [0.3, 0.4) is 0 Å². The number of fused-ring (bicyclic) bond motifs is 1. The number of rotatable bonds is 1. The van der Waals surface area contributed by atoms with Gasteiger partial charge in [0.05, 0.1) is 12.3 Å². The summed E-state index contributed by atoms with van der Waals surface area (Å²) in [5.41, 5.74) is 0. The van der Waals surface area contributed by atoms with Gasteiger partial charge in [-0.1, -0.05) is 15.9 Å². The third-order valence-electron chi connectivity index (χ3n) is 2.22. The van der Waals surface area contributed by atoms with Crippen molar-refractivity contribution in [3.63, 3.8) is 0 Å². The van der Waals surface area contributed by atoms with E-state index in [1.807, 2.05) is 0 Å². The molecule has 2 saturated heterocycles. The molecule has 2 aliphatic heterocycles. The third-order valence-corrected chi connectivity index (χ3v) is 2.52. The van der Waals surface area contributed by atoms with Crippen LogP contribution < -0.4 is 0 Å². The Morgan fingerprint density at radius 2 is 2.15 bits per heavy atom. The number of ether oxygens (including phenoxy) is 2. The zero-order chi connectivity index (χ0) is 9.42. The number of esters is 2. The van der Waals surface area contributed by atoms with Crippen molar-refractivity contribution >= 4 is 27.9 Å². The number of halogens is 1. The van der Waals surface area contributed by atoms with Crippen LogP contribution in [0.2, 0.25) is 0 Å². The van der Waals surface area contributed by atoms with Gasteiger partial charge in [0.25, 0.3) is 0 Å². The second-order valence-electron chi connectivity index (χ2n) is 3.00. The van der Waals surface area contributed by atoms with E-state index in [2.05, 4.69) is 15.9 Å². The second kappa shape index (κ2) is 3.14. The van der Waals surface area contributed by atoms with Gasteiger partial charge in [-0.3, -0.25) is 4.79 Å². The van der Waals surface area contributed by atoms with Crippen LogP contribution in [0.25, 0.3) is 0 Å². The fourth-order valence-electron chi connectivity index (χ4n) is 1.63. The Bertz CT molecular complexity index is 286. The Morgan fingerprint density at radius 3 is 2.85 bits per heavy atom. The van der Waals surface area contributed by atoms with E-state index < -0.39 is 12.1 Å². The first-order chi connectivity index (χ1) is 6.22. The fraction of sp³-hybridized carbons (Fsp3) is 0.500. The molecule has 0 aliphatic carbocycles. The molecule has 2 rings (SSSR count). The molecule has 3 atom stereocenters. The van der Waals surface area contributed by atoms with E-state index in [9.17, 15) is 9.59 Å². The molecule has 0 amide bonds. The van der Waals surface area contributed by atoms with E-state index in [-0.39, 0.29) is 24.4 Å². The zero-order valence-corrected chi connectivity index (χ0v) is 8.19. The van der Waals surface area contributed by atoms with Crippen molar-refractivity contribution in [2.45, 2.75) is 18.6 Å². The number of carbonyl (C=O) groups excluding carboxylic acids is 2. The van der Waals surface area contributed by atoms with Crippen LogP contribution in [0.1, 0.15) is 6.42 Å². The summed E-state index contributed by atoms with van der Waals surface area (Å²) in [5.74, 6) is -0.903. The van der Waals surface area contributed by atoms with Crippen LogP contribution in [-0.2, 0) is 19.1 Å². The van der Waals surface area contributed by atoms with Crippen molar-refractivity contribution in [1.82, 2.24) is 0 Å². The Kier molecular flexibility index (Phi) is 2.11. The summed E-state index contributed by atoms with van der Waals surface area (Å²) in [5, 5.41) is 0. The van der Waals surface area contributed by atoms with Gasteiger partial charge in [-0.05, 0) is 11.1 Å². The Labute approximate surface area is 83.0 Å². The molecule has 2 heterocycles. The summed E-state index contributed by atoms with van der Waals surface area (Å²) in [7, 11) is 0. The Balaban J connectivity index is 2.19. The van der Waals surface area contributed by atoms with Crippen molar-refractivity contribution in [2.75, 3.05) is 0 Å². The molecule has 4 nitrogen and oxygen atoms in total. The summed E-state index contributed by atoms with van der Waals surface area (Å²) in [6.07, 6.45) is 0.952. The zero-order valence-electron chi connectivity index (χ0n) is 6.60. The first kappa shape index (κ1) is 8.74. The molecule has 13 heavy (non-hydrogen) atoms. The maximum atomic E-state index is 11.1. The molecule has 0 unspecified atom stereocenters. The van der Waals surface area contributed by atoms with Gasteiger partial charge in [0.2, 0.25) is 6.10 Å². The van der Waals surface area contributed by atoms with Crippen LogP contribution in [-0.4, -0.2) is 24.1 Å². The van der Waals surface area contributed by atoms with E-state index in [0.717, 1.165) is 0 Å². The Hall–Kier alpha value is -0.840. The van der Waals surface area contributed by atoms with Crippen LogP contribution in [0, 0.1) is 5.92 Å². The molecular weight excluding hydrogens is 240 g/mol. The molecular formula is C8H7BrO4. The lowest BCUT2D eigenvalue weighted by Gasteiger charge is -2.06. The summed E-state index contributed by atoms with van der Waals surface area (Å²) < 4.78 is 9.80. The highest BCUT2D eigenvalue weighted by Crippen LogP contribution is 2.34. The van der Waals surface area contributed by atoms with Crippen molar-refractivity contribution < 1.29 is 19.1 Å². The second-order valence-corrected chi connectivity index (χ2v) is 3.53. The van der Waals surface area contributed by atoms with E-state index in [4.69, 9.17) is 9.47 Å². The number of carbonyl (C=O) groups is 2. The molecule has 0 spiro atoms. The molecule has 0 N–H and O–H groups in total. The molecule has 0 saturated carbocycles. The average Bonchev–Trinajstić information content (AvgIpc) is 2.55. The maximum absolute atomic E-state index is 11.1. The van der Waals surface area contributed by atoms with Crippen molar-refractivity contribution in [3.8, 4) is 0 Å². The van der Waals surface area contributed by atoms with Crippen LogP contribution >= 0.6 is 15.9 Å². The Morgan fingerprint density at radius 1 is 1.38 bits per heavy atom. The molecule has 0 aromatic heterocycles. The quantitative estimate of drug-likeness (QED) is 0.641. The van der Waals surface area contributed by atoms with Gasteiger partial charge in [-0.25, -0.2) is 4.79 Å². The first-order valence-corrected chi connectivity index (χ1v) is 4.81. The van der Waals surface area contributed by atoms with Crippen molar-refractivity contribution in [3.05, 3.63) is 11.1 Å². The van der Waals surface area contributed by atoms with Gasteiger partial charge in [0, 0.05) is 0 Å². The lowest BCUT2D eigenvalue weighted by Crippen LogP contribution is -2.19. The molecule has 70 valence electrons. The number of cyclic esters (lactones) is 1. The van der Waals surface area contributed by atoms with E-state index in [0.29, 0.717) is 0 Å². The fourth-order valence-corrected chi connectivity index (χ4v) is 1.93. The minimum Gasteiger partial charge on any atom is -0.455 e. The first-order valence-electron chi connectivity index (χ1n) is 3.89. The summed E-state index contributed by atoms with van der Waals surface area (Å²) in [6, 6.07) is 0. The van der Waals surface area contributed by atoms with Crippen LogP contribution in [0.15, 0.2) is 11.1 Å². The molecule has 0 aromatic carbocycles. The van der Waals surface area contributed by atoms with E-state index >= 15 is 0 Å². The van der Waals surface area contributed by atoms with Crippen LogP contribution in [0.4, 0.5) is 0 Å². The summed E-state index contributed by atoms with van der Waals surface area (Å²) >= 11 is 3.09.